The lowest BCUT2D eigenvalue weighted by atomic mass is 9.94. The van der Waals surface area contributed by atoms with Gasteiger partial charge in [-0.1, -0.05) is 30.3 Å². The summed E-state index contributed by atoms with van der Waals surface area (Å²) in [5.74, 6) is 0.459. The summed E-state index contributed by atoms with van der Waals surface area (Å²) in [5, 5.41) is 0. The van der Waals surface area contributed by atoms with E-state index in [1.807, 2.05) is 41.8 Å². The highest BCUT2D eigenvalue weighted by Gasteiger charge is 2.53. The maximum Gasteiger partial charge on any atom is 0.236 e. The molecule has 1 heterocycles. The van der Waals surface area contributed by atoms with E-state index >= 15 is 0 Å². The average Bonchev–Trinajstić information content (AvgIpc) is 3.45. The maximum atomic E-state index is 13.0. The average molecular weight is 343 g/mol. The van der Waals surface area contributed by atoms with Crippen LogP contribution < -0.4 is 0 Å². The van der Waals surface area contributed by atoms with Gasteiger partial charge in [0, 0.05) is 39.3 Å². The summed E-state index contributed by atoms with van der Waals surface area (Å²) in [4.78, 5) is 31.3. The highest BCUT2D eigenvalue weighted by molar-refractivity contribution is 5.91. The zero-order valence-corrected chi connectivity index (χ0v) is 15.4. The van der Waals surface area contributed by atoms with Crippen molar-refractivity contribution in [2.75, 3.05) is 45.8 Å². The van der Waals surface area contributed by atoms with Crippen LogP contribution in [-0.2, 0) is 15.0 Å². The normalized spacial score (nSPS) is 19.5. The molecule has 0 atom stereocenters. The summed E-state index contributed by atoms with van der Waals surface area (Å²) in [6.07, 6.45) is 1.91. The third-order valence-corrected chi connectivity index (χ3v) is 5.62. The topological polar surface area (TPSA) is 43.9 Å². The highest BCUT2D eigenvalue weighted by Crippen LogP contribution is 2.49. The van der Waals surface area contributed by atoms with Crippen molar-refractivity contribution in [3.05, 3.63) is 35.9 Å². The molecular weight excluding hydrogens is 314 g/mol. The number of carbonyl (C=O) groups is 2. The van der Waals surface area contributed by atoms with Gasteiger partial charge in [0.15, 0.2) is 0 Å². The molecule has 2 aliphatic rings. The fourth-order valence-corrected chi connectivity index (χ4v) is 3.79. The van der Waals surface area contributed by atoms with Gasteiger partial charge in [-0.2, -0.15) is 0 Å². The molecule has 0 N–H and O–H groups in total. The van der Waals surface area contributed by atoms with E-state index in [0.29, 0.717) is 6.54 Å². The minimum absolute atomic E-state index is 0.188. The number of rotatable bonds is 6. The first kappa shape index (κ1) is 17.9. The van der Waals surface area contributed by atoms with Gasteiger partial charge in [0.2, 0.25) is 11.8 Å². The number of likely N-dealkylation sites (N-methyl/N-ethyl adjacent to an activating group) is 1. The molecule has 1 saturated heterocycles. The molecule has 1 aromatic rings. The van der Waals surface area contributed by atoms with Gasteiger partial charge in [-0.05, 0) is 32.3 Å². The van der Waals surface area contributed by atoms with E-state index in [2.05, 4.69) is 17.0 Å². The summed E-state index contributed by atoms with van der Waals surface area (Å²) in [5.41, 5.74) is 0.875. The van der Waals surface area contributed by atoms with Gasteiger partial charge >= 0.3 is 0 Å². The van der Waals surface area contributed by atoms with Crippen LogP contribution in [0.1, 0.15) is 32.3 Å². The van der Waals surface area contributed by atoms with Gasteiger partial charge in [0.25, 0.3) is 0 Å². The number of benzene rings is 1. The molecule has 5 nitrogen and oxygen atoms in total. The molecule has 1 aromatic carbocycles. The van der Waals surface area contributed by atoms with Crippen molar-refractivity contribution in [3.63, 3.8) is 0 Å². The standard InChI is InChI=1S/C20H29N3O2/c1-3-22(4-2)18(24)16-21-12-14-23(15-13-21)19(25)20(10-11-20)17-8-6-5-7-9-17/h5-9H,3-4,10-16H2,1-2H3. The monoisotopic (exact) mass is 343 g/mol. The van der Waals surface area contributed by atoms with E-state index in [1.165, 1.54) is 0 Å². The zero-order valence-electron chi connectivity index (χ0n) is 15.4. The van der Waals surface area contributed by atoms with E-state index in [1.54, 1.807) is 0 Å². The lowest BCUT2D eigenvalue weighted by molar-refractivity contribution is -0.137. The van der Waals surface area contributed by atoms with Gasteiger partial charge in [0.1, 0.15) is 0 Å². The van der Waals surface area contributed by atoms with Crippen LogP contribution in [0.15, 0.2) is 30.3 Å². The molecule has 1 saturated carbocycles. The van der Waals surface area contributed by atoms with Crippen LogP contribution in [0.25, 0.3) is 0 Å². The summed E-state index contributed by atoms with van der Waals surface area (Å²) >= 11 is 0. The Morgan fingerprint density at radius 2 is 1.60 bits per heavy atom. The van der Waals surface area contributed by atoms with Crippen LogP contribution in [0.3, 0.4) is 0 Å². The molecule has 1 aliphatic carbocycles. The van der Waals surface area contributed by atoms with Crippen LogP contribution in [0.2, 0.25) is 0 Å². The zero-order chi connectivity index (χ0) is 17.9. The molecule has 0 radical (unpaired) electrons. The van der Waals surface area contributed by atoms with Crippen LogP contribution in [0.4, 0.5) is 0 Å². The molecular formula is C20H29N3O2. The van der Waals surface area contributed by atoms with Crippen molar-refractivity contribution < 1.29 is 9.59 Å². The highest BCUT2D eigenvalue weighted by atomic mass is 16.2. The lowest BCUT2D eigenvalue weighted by Gasteiger charge is -2.37. The predicted octanol–water partition coefficient (Wildman–Crippen LogP) is 1.73. The van der Waals surface area contributed by atoms with Crippen molar-refractivity contribution >= 4 is 11.8 Å². The van der Waals surface area contributed by atoms with Gasteiger partial charge in [-0.3, -0.25) is 14.5 Å². The summed E-state index contributed by atoms with van der Waals surface area (Å²) in [6, 6.07) is 10.2. The molecule has 5 heteroatoms. The lowest BCUT2D eigenvalue weighted by Crippen LogP contribution is -2.53. The van der Waals surface area contributed by atoms with Crippen molar-refractivity contribution in [3.8, 4) is 0 Å². The molecule has 2 amide bonds. The second-order valence-corrected chi connectivity index (χ2v) is 7.08. The van der Waals surface area contributed by atoms with Gasteiger partial charge < -0.3 is 9.80 Å². The smallest absolute Gasteiger partial charge is 0.236 e. The van der Waals surface area contributed by atoms with Crippen LogP contribution in [0.5, 0.6) is 0 Å². The number of carbonyl (C=O) groups excluding carboxylic acids is 2. The van der Waals surface area contributed by atoms with Gasteiger partial charge in [-0.15, -0.1) is 0 Å². The third-order valence-electron chi connectivity index (χ3n) is 5.62. The number of amides is 2. The van der Waals surface area contributed by atoms with E-state index in [0.717, 1.165) is 57.7 Å². The van der Waals surface area contributed by atoms with Crippen molar-refractivity contribution in [1.82, 2.24) is 14.7 Å². The molecule has 0 unspecified atom stereocenters. The summed E-state index contributed by atoms with van der Waals surface area (Å²) in [6.45, 7) is 9.01. The Labute approximate surface area is 150 Å². The largest absolute Gasteiger partial charge is 0.342 e. The van der Waals surface area contributed by atoms with Gasteiger partial charge in [-0.25, -0.2) is 0 Å². The fourth-order valence-electron chi connectivity index (χ4n) is 3.79. The maximum absolute atomic E-state index is 13.0. The van der Waals surface area contributed by atoms with Crippen molar-refractivity contribution in [1.29, 1.82) is 0 Å². The Morgan fingerprint density at radius 1 is 1.00 bits per heavy atom. The van der Waals surface area contributed by atoms with E-state index in [9.17, 15) is 9.59 Å². The van der Waals surface area contributed by atoms with Crippen molar-refractivity contribution in [2.24, 2.45) is 0 Å². The Bertz CT molecular complexity index is 601. The summed E-state index contributed by atoms with van der Waals surface area (Å²) in [7, 11) is 0. The fraction of sp³-hybridized carbons (Fsp3) is 0.600. The minimum Gasteiger partial charge on any atom is -0.342 e. The molecule has 0 bridgehead atoms. The number of hydrogen-bond acceptors (Lipinski definition) is 3. The quantitative estimate of drug-likeness (QED) is 0.790. The minimum atomic E-state index is -0.277. The predicted molar refractivity (Wildman–Crippen MR) is 98.3 cm³/mol. The Balaban J connectivity index is 1.54. The second kappa shape index (κ2) is 7.56. The second-order valence-electron chi connectivity index (χ2n) is 7.08. The Hall–Kier alpha value is -1.88. The first-order valence-corrected chi connectivity index (χ1v) is 9.45. The summed E-state index contributed by atoms with van der Waals surface area (Å²) < 4.78 is 0. The molecule has 136 valence electrons. The number of hydrogen-bond donors (Lipinski definition) is 0. The third kappa shape index (κ3) is 3.71. The molecule has 25 heavy (non-hydrogen) atoms. The SMILES string of the molecule is CCN(CC)C(=O)CN1CCN(C(=O)C2(c3ccccc3)CC2)CC1. The van der Waals surface area contributed by atoms with Gasteiger partial charge in [0.05, 0.1) is 12.0 Å². The number of nitrogens with zero attached hydrogens (tertiary/aromatic N) is 3. The Kier molecular flexibility index (Phi) is 5.42. The van der Waals surface area contributed by atoms with Crippen molar-refractivity contribution in [2.45, 2.75) is 32.1 Å². The first-order valence-electron chi connectivity index (χ1n) is 9.45. The van der Waals surface area contributed by atoms with E-state index < -0.39 is 0 Å². The van der Waals surface area contributed by atoms with Crippen LogP contribution in [0, 0.1) is 0 Å². The van der Waals surface area contributed by atoms with Crippen LogP contribution in [-0.4, -0.2) is 72.3 Å². The van der Waals surface area contributed by atoms with E-state index in [4.69, 9.17) is 0 Å². The van der Waals surface area contributed by atoms with E-state index in [-0.39, 0.29) is 17.2 Å². The molecule has 0 aromatic heterocycles. The molecule has 0 spiro atoms. The molecule has 3 rings (SSSR count). The van der Waals surface area contributed by atoms with Crippen LogP contribution >= 0.6 is 0 Å². The molecule has 1 aliphatic heterocycles. The first-order chi connectivity index (χ1) is 12.1. The Morgan fingerprint density at radius 3 is 2.12 bits per heavy atom. The number of piperazine rings is 1. The molecule has 2 fully saturated rings.